The Morgan fingerprint density at radius 3 is 2.29 bits per heavy atom. The normalized spacial score (nSPS) is 26.4. The molecule has 0 spiro atoms. The van der Waals surface area contributed by atoms with Crippen molar-refractivity contribution in [3.05, 3.63) is 0 Å². The van der Waals surface area contributed by atoms with Crippen molar-refractivity contribution in [2.75, 3.05) is 18.1 Å². The van der Waals surface area contributed by atoms with Crippen molar-refractivity contribution in [2.24, 2.45) is 5.92 Å². The smallest absolute Gasteiger partial charge is 0.150 e. The van der Waals surface area contributed by atoms with Gasteiger partial charge in [-0.2, -0.15) is 0 Å². The van der Waals surface area contributed by atoms with Crippen molar-refractivity contribution in [1.82, 2.24) is 5.32 Å². The first kappa shape index (κ1) is 13.3. The topological polar surface area (TPSA) is 46.2 Å². The minimum absolute atomic E-state index is 0.382. The van der Waals surface area contributed by atoms with Gasteiger partial charge >= 0.3 is 0 Å². The molecule has 0 unspecified atom stereocenters. The van der Waals surface area contributed by atoms with Crippen molar-refractivity contribution in [2.45, 2.75) is 57.4 Å². The van der Waals surface area contributed by atoms with Crippen LogP contribution in [0.4, 0.5) is 0 Å². The van der Waals surface area contributed by atoms with E-state index in [-0.39, 0.29) is 0 Å². The van der Waals surface area contributed by atoms with E-state index in [4.69, 9.17) is 0 Å². The summed E-state index contributed by atoms with van der Waals surface area (Å²) in [6, 6.07) is 0.446. The third kappa shape index (κ3) is 4.59. The third-order valence-electron chi connectivity index (χ3n) is 4.25. The molecule has 3 nitrogen and oxygen atoms in total. The highest BCUT2D eigenvalue weighted by Gasteiger charge is 2.23. The van der Waals surface area contributed by atoms with E-state index >= 15 is 0 Å². The third-order valence-corrected chi connectivity index (χ3v) is 5.97. The van der Waals surface area contributed by atoms with E-state index in [1.807, 2.05) is 0 Å². The molecule has 0 atom stereocenters. The van der Waals surface area contributed by atoms with Crippen LogP contribution in [0.1, 0.15) is 51.4 Å². The molecule has 2 fully saturated rings. The van der Waals surface area contributed by atoms with E-state index < -0.39 is 9.84 Å². The van der Waals surface area contributed by atoms with Crippen LogP contribution in [0, 0.1) is 5.92 Å². The zero-order valence-corrected chi connectivity index (χ0v) is 11.5. The largest absolute Gasteiger partial charge is 0.314 e. The summed E-state index contributed by atoms with van der Waals surface area (Å²) < 4.78 is 22.5. The highest BCUT2D eigenvalue weighted by Crippen LogP contribution is 2.28. The lowest BCUT2D eigenvalue weighted by atomic mass is 10.0. The molecule has 0 radical (unpaired) electrons. The van der Waals surface area contributed by atoms with Crippen LogP contribution >= 0.6 is 0 Å². The second-order valence-corrected chi connectivity index (χ2v) is 7.98. The second kappa shape index (κ2) is 6.19. The summed E-state index contributed by atoms with van der Waals surface area (Å²) in [5.41, 5.74) is 0. The maximum absolute atomic E-state index is 11.3. The zero-order chi connectivity index (χ0) is 12.1. The zero-order valence-electron chi connectivity index (χ0n) is 10.7. The van der Waals surface area contributed by atoms with E-state index in [0.29, 0.717) is 17.5 Å². The number of nitrogens with one attached hydrogen (secondary N) is 1. The second-order valence-electron chi connectivity index (χ2n) is 5.67. The standard InChI is InChI=1S/C13H25NO2S/c15-17(16)10-7-13(8-11-17)14-9-3-6-12-4-1-2-5-12/h12-14H,1-11H2. The molecule has 2 aliphatic rings. The maximum Gasteiger partial charge on any atom is 0.150 e. The lowest BCUT2D eigenvalue weighted by Gasteiger charge is -2.23. The maximum atomic E-state index is 11.3. The summed E-state index contributed by atoms with van der Waals surface area (Å²) in [6.07, 6.45) is 9.96. The first-order valence-corrected chi connectivity index (χ1v) is 8.92. The molecule has 4 heteroatoms. The van der Waals surface area contributed by atoms with Crippen LogP contribution in [0.5, 0.6) is 0 Å². The number of hydrogen-bond donors (Lipinski definition) is 1. The van der Waals surface area contributed by atoms with Crippen LogP contribution in [0.3, 0.4) is 0 Å². The van der Waals surface area contributed by atoms with Gasteiger partial charge in [-0.1, -0.05) is 25.7 Å². The predicted molar refractivity (Wildman–Crippen MR) is 70.9 cm³/mol. The molecule has 100 valence electrons. The molecule has 0 aromatic carbocycles. The van der Waals surface area contributed by atoms with Crippen molar-refractivity contribution in [1.29, 1.82) is 0 Å². The molecule has 2 rings (SSSR count). The Balaban J connectivity index is 1.53. The summed E-state index contributed by atoms with van der Waals surface area (Å²) in [5, 5.41) is 3.52. The van der Waals surface area contributed by atoms with Crippen LogP contribution in [0.15, 0.2) is 0 Å². The van der Waals surface area contributed by atoms with Gasteiger partial charge in [0.25, 0.3) is 0 Å². The highest BCUT2D eigenvalue weighted by atomic mass is 32.2. The summed E-state index contributed by atoms with van der Waals surface area (Å²) in [4.78, 5) is 0. The minimum atomic E-state index is -2.70. The molecule has 17 heavy (non-hydrogen) atoms. The van der Waals surface area contributed by atoms with Crippen LogP contribution in [-0.2, 0) is 9.84 Å². The fraction of sp³-hybridized carbons (Fsp3) is 1.00. The molecule has 0 bridgehead atoms. The summed E-state index contributed by atoms with van der Waals surface area (Å²) in [5.74, 6) is 1.74. The molecule has 1 saturated heterocycles. The van der Waals surface area contributed by atoms with Gasteiger partial charge in [0.05, 0.1) is 11.5 Å². The average molecular weight is 259 g/mol. The Labute approximate surface area is 105 Å². The predicted octanol–water partition coefficient (Wildman–Crippen LogP) is 2.12. The van der Waals surface area contributed by atoms with E-state index in [2.05, 4.69) is 5.32 Å². The molecular weight excluding hydrogens is 234 g/mol. The van der Waals surface area contributed by atoms with Gasteiger partial charge < -0.3 is 5.32 Å². The quantitative estimate of drug-likeness (QED) is 0.769. The van der Waals surface area contributed by atoms with E-state index in [1.54, 1.807) is 0 Å². The number of hydrogen-bond acceptors (Lipinski definition) is 3. The first-order chi connectivity index (χ1) is 8.16. The Kier molecular flexibility index (Phi) is 4.86. The lowest BCUT2D eigenvalue weighted by molar-refractivity contribution is 0.425. The molecule has 0 aromatic heterocycles. The van der Waals surface area contributed by atoms with Crippen LogP contribution in [0.25, 0.3) is 0 Å². The summed E-state index contributed by atoms with van der Waals surface area (Å²) in [6.45, 7) is 1.07. The average Bonchev–Trinajstić information content (AvgIpc) is 2.79. The fourth-order valence-electron chi connectivity index (χ4n) is 3.09. The van der Waals surface area contributed by atoms with E-state index in [1.165, 1.54) is 38.5 Å². The first-order valence-electron chi connectivity index (χ1n) is 7.09. The van der Waals surface area contributed by atoms with Gasteiger partial charge in [0.2, 0.25) is 0 Å². The van der Waals surface area contributed by atoms with Crippen LogP contribution < -0.4 is 5.32 Å². The van der Waals surface area contributed by atoms with Crippen molar-refractivity contribution < 1.29 is 8.42 Å². The fourth-order valence-corrected chi connectivity index (χ4v) is 4.58. The molecule has 1 N–H and O–H groups in total. The molecule has 1 heterocycles. The van der Waals surface area contributed by atoms with Gasteiger partial charge in [0, 0.05) is 6.04 Å². The van der Waals surface area contributed by atoms with Gasteiger partial charge in [-0.15, -0.1) is 0 Å². The molecule has 1 aliphatic carbocycles. The summed E-state index contributed by atoms with van der Waals surface area (Å²) >= 11 is 0. The highest BCUT2D eigenvalue weighted by molar-refractivity contribution is 7.91. The van der Waals surface area contributed by atoms with E-state index in [0.717, 1.165) is 25.3 Å². The lowest BCUT2D eigenvalue weighted by Crippen LogP contribution is -2.38. The molecule has 0 amide bonds. The van der Waals surface area contributed by atoms with Gasteiger partial charge in [0.1, 0.15) is 9.84 Å². The van der Waals surface area contributed by atoms with Gasteiger partial charge in [0.15, 0.2) is 0 Å². The number of sulfone groups is 1. The molecule has 1 aliphatic heterocycles. The minimum Gasteiger partial charge on any atom is -0.314 e. The van der Waals surface area contributed by atoms with Gasteiger partial charge in [-0.3, -0.25) is 0 Å². The molecular formula is C13H25NO2S. The Morgan fingerprint density at radius 2 is 1.65 bits per heavy atom. The van der Waals surface area contributed by atoms with E-state index in [9.17, 15) is 8.42 Å². The van der Waals surface area contributed by atoms with Crippen molar-refractivity contribution in [3.63, 3.8) is 0 Å². The Hall–Kier alpha value is -0.0900. The van der Waals surface area contributed by atoms with Crippen molar-refractivity contribution in [3.8, 4) is 0 Å². The monoisotopic (exact) mass is 259 g/mol. The Morgan fingerprint density at radius 1 is 1.00 bits per heavy atom. The SMILES string of the molecule is O=S1(=O)CCC(NCCCC2CCCC2)CC1. The van der Waals surface area contributed by atoms with Gasteiger partial charge in [-0.05, 0) is 38.1 Å². The van der Waals surface area contributed by atoms with Crippen molar-refractivity contribution >= 4 is 9.84 Å². The molecule has 0 aromatic rings. The molecule has 1 saturated carbocycles. The van der Waals surface area contributed by atoms with Crippen LogP contribution in [-0.4, -0.2) is 32.5 Å². The number of rotatable bonds is 5. The Bertz CT molecular complexity index is 306. The summed E-state index contributed by atoms with van der Waals surface area (Å²) in [7, 11) is -2.70. The van der Waals surface area contributed by atoms with Gasteiger partial charge in [-0.25, -0.2) is 8.42 Å². The van der Waals surface area contributed by atoms with Crippen LogP contribution in [0.2, 0.25) is 0 Å².